The summed E-state index contributed by atoms with van der Waals surface area (Å²) in [5.41, 5.74) is 3.74. The Labute approximate surface area is 123 Å². The van der Waals surface area contributed by atoms with Crippen molar-refractivity contribution in [2.75, 3.05) is 17.3 Å². The number of hydrogen-bond acceptors (Lipinski definition) is 6. The Bertz CT molecular complexity index is 631. The number of para-hydroxylation sites is 1. The van der Waals surface area contributed by atoms with Gasteiger partial charge in [-0.25, -0.2) is 15.8 Å². The molecule has 1 unspecified atom stereocenters. The summed E-state index contributed by atoms with van der Waals surface area (Å²) >= 11 is 0. The average molecular weight is 285 g/mol. The van der Waals surface area contributed by atoms with Gasteiger partial charge in [0.15, 0.2) is 0 Å². The van der Waals surface area contributed by atoms with Crippen LogP contribution in [-0.4, -0.2) is 16.6 Å². The molecule has 3 rings (SSSR count). The van der Waals surface area contributed by atoms with Gasteiger partial charge < -0.3 is 15.5 Å². The van der Waals surface area contributed by atoms with Crippen molar-refractivity contribution in [1.82, 2.24) is 9.97 Å². The Morgan fingerprint density at radius 3 is 2.90 bits per heavy atom. The van der Waals surface area contributed by atoms with E-state index in [0.29, 0.717) is 12.4 Å². The van der Waals surface area contributed by atoms with E-state index in [1.165, 1.54) is 0 Å². The molecule has 0 saturated carbocycles. The number of fused-ring (bicyclic) bond motifs is 1. The molecule has 110 valence electrons. The lowest BCUT2D eigenvalue weighted by molar-refractivity contribution is 0.339. The molecule has 0 amide bonds. The number of nitrogens with two attached hydrogens (primary N) is 1. The molecule has 1 atom stereocenters. The minimum absolute atomic E-state index is 0.0937. The Balaban J connectivity index is 1.83. The third-order valence-electron chi connectivity index (χ3n) is 3.42. The van der Waals surface area contributed by atoms with Crippen LogP contribution in [-0.2, 0) is 6.42 Å². The summed E-state index contributed by atoms with van der Waals surface area (Å²) in [4.78, 5) is 8.88. The normalized spacial score (nSPS) is 16.2. The quantitative estimate of drug-likeness (QED) is 0.577. The summed E-state index contributed by atoms with van der Waals surface area (Å²) in [6, 6.07) is 9.93. The SMILES string of the molecule is CCCc1nc(NN)cc(NC2COc3ccccc32)n1. The first-order chi connectivity index (χ1) is 10.3. The Morgan fingerprint density at radius 2 is 2.10 bits per heavy atom. The summed E-state index contributed by atoms with van der Waals surface area (Å²) in [6.45, 7) is 2.69. The van der Waals surface area contributed by atoms with Gasteiger partial charge in [-0.05, 0) is 12.5 Å². The van der Waals surface area contributed by atoms with Crippen LogP contribution in [0.5, 0.6) is 5.75 Å². The van der Waals surface area contributed by atoms with Crippen LogP contribution < -0.4 is 21.3 Å². The molecule has 1 aliphatic rings. The molecule has 0 aliphatic carbocycles. The predicted octanol–water partition coefficient (Wildman–Crippen LogP) is 2.26. The van der Waals surface area contributed by atoms with Crippen molar-refractivity contribution >= 4 is 11.6 Å². The molecule has 6 nitrogen and oxygen atoms in total. The summed E-state index contributed by atoms with van der Waals surface area (Å²) in [5, 5.41) is 3.40. The van der Waals surface area contributed by atoms with E-state index >= 15 is 0 Å². The molecule has 6 heteroatoms. The second kappa shape index (κ2) is 5.97. The number of ether oxygens (including phenoxy) is 1. The van der Waals surface area contributed by atoms with Crippen molar-refractivity contribution in [2.45, 2.75) is 25.8 Å². The number of benzene rings is 1. The molecule has 0 radical (unpaired) electrons. The van der Waals surface area contributed by atoms with Crippen LogP contribution in [0.2, 0.25) is 0 Å². The second-order valence-electron chi connectivity index (χ2n) is 4.99. The minimum Gasteiger partial charge on any atom is -0.491 e. The third kappa shape index (κ3) is 2.90. The summed E-state index contributed by atoms with van der Waals surface area (Å²) < 4.78 is 5.67. The number of aryl methyl sites for hydroxylation is 1. The number of hydrazine groups is 1. The van der Waals surface area contributed by atoms with Crippen molar-refractivity contribution in [3.05, 3.63) is 41.7 Å². The second-order valence-corrected chi connectivity index (χ2v) is 4.99. The summed E-state index contributed by atoms with van der Waals surface area (Å²) in [6.07, 6.45) is 1.81. The van der Waals surface area contributed by atoms with Crippen LogP contribution in [0.4, 0.5) is 11.6 Å². The van der Waals surface area contributed by atoms with Gasteiger partial charge in [-0.3, -0.25) is 0 Å². The Morgan fingerprint density at radius 1 is 1.29 bits per heavy atom. The molecular weight excluding hydrogens is 266 g/mol. The Hall–Kier alpha value is -2.34. The lowest BCUT2D eigenvalue weighted by Gasteiger charge is -2.14. The van der Waals surface area contributed by atoms with Gasteiger partial charge in [0.05, 0.1) is 6.04 Å². The van der Waals surface area contributed by atoms with Crippen LogP contribution in [0.1, 0.15) is 30.8 Å². The van der Waals surface area contributed by atoms with Crippen LogP contribution >= 0.6 is 0 Å². The zero-order chi connectivity index (χ0) is 14.7. The highest BCUT2D eigenvalue weighted by atomic mass is 16.5. The summed E-state index contributed by atoms with van der Waals surface area (Å²) in [5.74, 6) is 8.55. The molecule has 0 saturated heterocycles. The van der Waals surface area contributed by atoms with Gasteiger partial charge >= 0.3 is 0 Å². The highest BCUT2D eigenvalue weighted by molar-refractivity contribution is 5.51. The summed E-state index contributed by atoms with van der Waals surface area (Å²) in [7, 11) is 0. The number of anilines is 2. The van der Waals surface area contributed by atoms with Crippen LogP contribution in [0.15, 0.2) is 30.3 Å². The van der Waals surface area contributed by atoms with E-state index in [-0.39, 0.29) is 6.04 Å². The number of nitrogens with one attached hydrogen (secondary N) is 2. The molecule has 21 heavy (non-hydrogen) atoms. The lowest BCUT2D eigenvalue weighted by Crippen LogP contribution is -2.16. The molecule has 2 heterocycles. The monoisotopic (exact) mass is 285 g/mol. The average Bonchev–Trinajstić information content (AvgIpc) is 2.91. The fourth-order valence-corrected chi connectivity index (χ4v) is 2.44. The first kappa shape index (κ1) is 13.6. The molecule has 1 aliphatic heterocycles. The van der Waals surface area contributed by atoms with E-state index < -0.39 is 0 Å². The standard InChI is InChI=1S/C15H19N5O/c1-2-5-13-18-14(8-15(19-13)20-16)17-11-9-21-12-7-4-3-6-10(11)12/h3-4,6-8,11H,2,5,9,16H2,1H3,(H2,17,18,19,20). The first-order valence-corrected chi connectivity index (χ1v) is 7.13. The largest absolute Gasteiger partial charge is 0.491 e. The molecule has 0 spiro atoms. The van der Waals surface area contributed by atoms with Gasteiger partial charge in [-0.1, -0.05) is 25.1 Å². The molecule has 4 N–H and O–H groups in total. The number of hydrogen-bond donors (Lipinski definition) is 3. The van der Waals surface area contributed by atoms with E-state index in [1.807, 2.05) is 18.2 Å². The van der Waals surface area contributed by atoms with Gasteiger partial charge in [0.1, 0.15) is 29.8 Å². The topological polar surface area (TPSA) is 85.1 Å². The van der Waals surface area contributed by atoms with Crippen molar-refractivity contribution in [2.24, 2.45) is 5.84 Å². The smallest absolute Gasteiger partial charge is 0.145 e. The van der Waals surface area contributed by atoms with Crippen LogP contribution in [0, 0.1) is 0 Å². The van der Waals surface area contributed by atoms with Gasteiger partial charge in [0.25, 0.3) is 0 Å². The number of aromatic nitrogens is 2. The number of nitrogens with zero attached hydrogens (tertiary/aromatic N) is 2. The lowest BCUT2D eigenvalue weighted by atomic mass is 10.1. The fraction of sp³-hybridized carbons (Fsp3) is 0.333. The van der Waals surface area contributed by atoms with E-state index in [9.17, 15) is 0 Å². The zero-order valence-corrected chi connectivity index (χ0v) is 12.0. The van der Waals surface area contributed by atoms with Crippen molar-refractivity contribution in [3.8, 4) is 5.75 Å². The fourth-order valence-electron chi connectivity index (χ4n) is 2.44. The maximum absolute atomic E-state index is 5.67. The van der Waals surface area contributed by atoms with Gasteiger partial charge in [0.2, 0.25) is 0 Å². The molecule has 1 aromatic carbocycles. The third-order valence-corrected chi connectivity index (χ3v) is 3.42. The van der Waals surface area contributed by atoms with E-state index in [1.54, 1.807) is 6.07 Å². The minimum atomic E-state index is 0.0937. The number of rotatable bonds is 5. The molecule has 1 aromatic heterocycles. The maximum atomic E-state index is 5.67. The van der Waals surface area contributed by atoms with Gasteiger partial charge in [-0.2, -0.15) is 0 Å². The van der Waals surface area contributed by atoms with E-state index in [2.05, 4.69) is 33.7 Å². The number of nitrogen functional groups attached to an aromatic ring is 1. The molecule has 0 bridgehead atoms. The van der Waals surface area contributed by atoms with Crippen molar-refractivity contribution in [3.63, 3.8) is 0 Å². The van der Waals surface area contributed by atoms with Gasteiger partial charge in [-0.15, -0.1) is 0 Å². The predicted molar refractivity (Wildman–Crippen MR) is 82.1 cm³/mol. The van der Waals surface area contributed by atoms with Crippen molar-refractivity contribution < 1.29 is 4.74 Å². The molecule has 2 aromatic rings. The van der Waals surface area contributed by atoms with Crippen LogP contribution in [0.3, 0.4) is 0 Å². The van der Waals surface area contributed by atoms with E-state index in [0.717, 1.165) is 35.8 Å². The maximum Gasteiger partial charge on any atom is 0.145 e. The molecule has 0 fully saturated rings. The van der Waals surface area contributed by atoms with E-state index in [4.69, 9.17) is 10.6 Å². The highest BCUT2D eigenvalue weighted by Crippen LogP contribution is 2.33. The van der Waals surface area contributed by atoms with Crippen molar-refractivity contribution in [1.29, 1.82) is 0 Å². The molecular formula is C15H19N5O. The first-order valence-electron chi connectivity index (χ1n) is 7.13. The Kier molecular flexibility index (Phi) is 3.87. The van der Waals surface area contributed by atoms with Crippen LogP contribution in [0.25, 0.3) is 0 Å². The van der Waals surface area contributed by atoms with Gasteiger partial charge in [0, 0.05) is 18.1 Å². The highest BCUT2D eigenvalue weighted by Gasteiger charge is 2.23. The zero-order valence-electron chi connectivity index (χ0n) is 12.0.